The van der Waals surface area contributed by atoms with Crippen LogP contribution in [0.5, 0.6) is 11.5 Å². The van der Waals surface area contributed by atoms with E-state index in [4.69, 9.17) is 4.74 Å². The molecule has 5 nitrogen and oxygen atoms in total. The van der Waals surface area contributed by atoms with Crippen molar-refractivity contribution < 1.29 is 14.2 Å². The molecule has 2 rings (SSSR count). The minimum atomic E-state index is -0.237. The zero-order chi connectivity index (χ0) is 18.9. The molecule has 148 valence electrons. The first-order chi connectivity index (χ1) is 12.5. The van der Waals surface area contributed by atoms with Crippen LogP contribution in [-0.2, 0) is 13.0 Å². The van der Waals surface area contributed by atoms with Gasteiger partial charge in [0.05, 0.1) is 7.11 Å². The molecule has 0 atom stereocenters. The number of rotatable bonds is 7. The summed E-state index contributed by atoms with van der Waals surface area (Å²) in [6, 6.07) is 11.9. The van der Waals surface area contributed by atoms with Crippen LogP contribution in [0.2, 0.25) is 0 Å². The molecule has 2 aromatic carbocycles. The van der Waals surface area contributed by atoms with Crippen LogP contribution in [0.25, 0.3) is 0 Å². The molecule has 0 amide bonds. The summed E-state index contributed by atoms with van der Waals surface area (Å²) in [5.41, 5.74) is 1.92. The minimum Gasteiger partial charge on any atom is -0.504 e. The van der Waals surface area contributed by atoms with Gasteiger partial charge in [-0.3, -0.25) is 4.99 Å². The Hall–Kier alpha value is -2.03. The van der Waals surface area contributed by atoms with Gasteiger partial charge in [0.15, 0.2) is 17.5 Å². The summed E-state index contributed by atoms with van der Waals surface area (Å²) in [5, 5.41) is 12.9. The number of halogens is 2. The lowest BCUT2D eigenvalue weighted by Crippen LogP contribution is -2.38. The van der Waals surface area contributed by atoms with Crippen LogP contribution >= 0.6 is 24.0 Å². The Morgan fingerprint density at radius 1 is 1.22 bits per heavy atom. The average Bonchev–Trinajstić information content (AvgIpc) is 2.62. The molecule has 7 heteroatoms. The van der Waals surface area contributed by atoms with Crippen LogP contribution in [0.15, 0.2) is 47.5 Å². The Morgan fingerprint density at radius 2 is 2.00 bits per heavy atom. The molecule has 0 unspecified atom stereocenters. The van der Waals surface area contributed by atoms with Gasteiger partial charge in [-0.05, 0) is 48.7 Å². The van der Waals surface area contributed by atoms with Gasteiger partial charge in [0.2, 0.25) is 0 Å². The standard InChI is InChI=1S/C20H26FN3O2.HI/c1-4-22-20(24(2)14-16-6-5-7-17(21)12-16)23-11-10-15-8-9-18(25)19(13-15)26-3;/h5-9,12-13,25H,4,10-11,14H2,1-3H3,(H,22,23);1H. The highest BCUT2D eigenvalue weighted by molar-refractivity contribution is 14.0. The first-order valence-electron chi connectivity index (χ1n) is 8.63. The Kier molecular flexibility index (Phi) is 9.92. The van der Waals surface area contributed by atoms with E-state index in [2.05, 4.69) is 10.3 Å². The fourth-order valence-corrected chi connectivity index (χ4v) is 2.62. The first-order valence-corrected chi connectivity index (χ1v) is 8.63. The largest absolute Gasteiger partial charge is 0.504 e. The van der Waals surface area contributed by atoms with Crippen molar-refractivity contribution in [3.63, 3.8) is 0 Å². The number of hydrogen-bond donors (Lipinski definition) is 2. The minimum absolute atomic E-state index is 0. The fraction of sp³-hybridized carbons (Fsp3) is 0.350. The van der Waals surface area contributed by atoms with E-state index in [1.54, 1.807) is 12.1 Å². The van der Waals surface area contributed by atoms with E-state index >= 15 is 0 Å². The molecule has 0 saturated heterocycles. The van der Waals surface area contributed by atoms with Crippen molar-refractivity contribution >= 4 is 29.9 Å². The quantitative estimate of drug-likeness (QED) is 0.355. The second-order valence-electron chi connectivity index (χ2n) is 5.98. The van der Waals surface area contributed by atoms with Gasteiger partial charge in [-0.1, -0.05) is 18.2 Å². The zero-order valence-electron chi connectivity index (χ0n) is 15.9. The lowest BCUT2D eigenvalue weighted by molar-refractivity contribution is 0.373. The number of aliphatic imine (C=N–C) groups is 1. The molecule has 0 heterocycles. The highest BCUT2D eigenvalue weighted by Crippen LogP contribution is 2.26. The second kappa shape index (κ2) is 11.6. The third kappa shape index (κ3) is 7.24. The third-order valence-electron chi connectivity index (χ3n) is 3.91. The molecule has 2 aromatic rings. The predicted molar refractivity (Wildman–Crippen MR) is 118 cm³/mol. The summed E-state index contributed by atoms with van der Waals surface area (Å²) >= 11 is 0. The van der Waals surface area contributed by atoms with Gasteiger partial charge in [-0.15, -0.1) is 24.0 Å². The summed E-state index contributed by atoms with van der Waals surface area (Å²) in [5.74, 6) is 1.12. The molecule has 0 bridgehead atoms. The van der Waals surface area contributed by atoms with E-state index in [-0.39, 0.29) is 35.5 Å². The van der Waals surface area contributed by atoms with Crippen LogP contribution in [-0.4, -0.2) is 43.2 Å². The molecule has 27 heavy (non-hydrogen) atoms. The summed E-state index contributed by atoms with van der Waals surface area (Å²) in [4.78, 5) is 6.61. The van der Waals surface area contributed by atoms with E-state index in [0.717, 1.165) is 30.1 Å². The zero-order valence-corrected chi connectivity index (χ0v) is 18.2. The van der Waals surface area contributed by atoms with Gasteiger partial charge in [0, 0.05) is 26.7 Å². The number of nitrogens with zero attached hydrogens (tertiary/aromatic N) is 2. The molecule has 0 aromatic heterocycles. The highest BCUT2D eigenvalue weighted by atomic mass is 127. The Balaban J connectivity index is 0.00000364. The second-order valence-corrected chi connectivity index (χ2v) is 5.98. The first kappa shape index (κ1) is 23.0. The van der Waals surface area contributed by atoms with Gasteiger partial charge < -0.3 is 20.1 Å². The van der Waals surface area contributed by atoms with E-state index in [1.165, 1.54) is 19.2 Å². The van der Waals surface area contributed by atoms with Crippen LogP contribution < -0.4 is 10.1 Å². The van der Waals surface area contributed by atoms with Crippen molar-refractivity contribution in [1.82, 2.24) is 10.2 Å². The summed E-state index contributed by atoms with van der Waals surface area (Å²) in [6.45, 7) is 3.91. The number of nitrogens with one attached hydrogen (secondary N) is 1. The summed E-state index contributed by atoms with van der Waals surface area (Å²) < 4.78 is 18.5. The number of methoxy groups -OCH3 is 1. The number of ether oxygens (including phenoxy) is 1. The van der Waals surface area contributed by atoms with Gasteiger partial charge in [0.25, 0.3) is 0 Å². The number of hydrogen-bond acceptors (Lipinski definition) is 3. The van der Waals surface area contributed by atoms with Gasteiger partial charge >= 0.3 is 0 Å². The predicted octanol–water partition coefficient (Wildman–Crippen LogP) is 3.80. The number of aromatic hydroxyl groups is 1. The van der Waals surface area contributed by atoms with Crippen molar-refractivity contribution in [2.75, 3.05) is 27.2 Å². The van der Waals surface area contributed by atoms with Crippen molar-refractivity contribution in [2.45, 2.75) is 19.9 Å². The van der Waals surface area contributed by atoms with Crippen molar-refractivity contribution in [3.05, 3.63) is 59.4 Å². The monoisotopic (exact) mass is 487 g/mol. The number of phenols is 1. The molecule has 0 fully saturated rings. The normalized spacial score (nSPS) is 10.9. The molecule has 0 spiro atoms. The van der Waals surface area contributed by atoms with E-state index in [0.29, 0.717) is 18.8 Å². The van der Waals surface area contributed by atoms with E-state index < -0.39 is 0 Å². The van der Waals surface area contributed by atoms with Crippen molar-refractivity contribution in [2.24, 2.45) is 4.99 Å². The van der Waals surface area contributed by atoms with Crippen LogP contribution in [0, 0.1) is 5.82 Å². The smallest absolute Gasteiger partial charge is 0.193 e. The molecular weight excluding hydrogens is 460 g/mol. The SMILES string of the molecule is CCNC(=NCCc1ccc(O)c(OC)c1)N(C)Cc1cccc(F)c1.I. The Morgan fingerprint density at radius 3 is 2.67 bits per heavy atom. The summed E-state index contributed by atoms with van der Waals surface area (Å²) in [7, 11) is 3.46. The summed E-state index contributed by atoms with van der Waals surface area (Å²) in [6.07, 6.45) is 0.722. The molecule has 0 radical (unpaired) electrons. The average molecular weight is 487 g/mol. The maximum atomic E-state index is 13.4. The Bertz CT molecular complexity index is 756. The van der Waals surface area contributed by atoms with Crippen molar-refractivity contribution in [1.29, 1.82) is 0 Å². The van der Waals surface area contributed by atoms with Crippen molar-refractivity contribution in [3.8, 4) is 11.5 Å². The van der Waals surface area contributed by atoms with E-state index in [1.807, 2.05) is 37.1 Å². The fourth-order valence-electron chi connectivity index (χ4n) is 2.62. The van der Waals surface area contributed by atoms with Gasteiger partial charge in [-0.2, -0.15) is 0 Å². The molecule has 0 aliphatic carbocycles. The third-order valence-corrected chi connectivity index (χ3v) is 3.91. The molecule has 0 saturated carbocycles. The van der Waals surface area contributed by atoms with Crippen LogP contribution in [0.1, 0.15) is 18.1 Å². The number of phenolic OH excluding ortho intramolecular Hbond substituents is 1. The van der Waals surface area contributed by atoms with Gasteiger partial charge in [0.1, 0.15) is 5.82 Å². The number of guanidine groups is 1. The lowest BCUT2D eigenvalue weighted by atomic mass is 10.1. The van der Waals surface area contributed by atoms with E-state index in [9.17, 15) is 9.50 Å². The van der Waals surface area contributed by atoms with Crippen LogP contribution in [0.4, 0.5) is 4.39 Å². The topological polar surface area (TPSA) is 57.1 Å². The molecular formula is C20H27FIN3O2. The van der Waals surface area contributed by atoms with Crippen LogP contribution in [0.3, 0.4) is 0 Å². The number of benzene rings is 2. The Labute approximate surface area is 177 Å². The van der Waals surface area contributed by atoms with Gasteiger partial charge in [-0.25, -0.2) is 4.39 Å². The lowest BCUT2D eigenvalue weighted by Gasteiger charge is -2.22. The maximum absolute atomic E-state index is 13.4. The maximum Gasteiger partial charge on any atom is 0.193 e. The molecule has 0 aliphatic heterocycles. The molecule has 0 aliphatic rings. The highest BCUT2D eigenvalue weighted by Gasteiger charge is 2.08. The molecule has 2 N–H and O–H groups in total.